The molecule has 172 valence electrons. The normalized spacial score (nSPS) is 17.4. The molecule has 1 saturated heterocycles. The summed E-state index contributed by atoms with van der Waals surface area (Å²) < 4.78 is 26.7. The van der Waals surface area contributed by atoms with E-state index in [1.807, 2.05) is 48.5 Å². The Labute approximate surface area is 194 Å². The van der Waals surface area contributed by atoms with E-state index >= 15 is 4.39 Å². The lowest BCUT2D eigenvalue weighted by molar-refractivity contribution is 0.0121. The minimum absolute atomic E-state index is 0.159. The van der Waals surface area contributed by atoms with Crippen LogP contribution in [0, 0.1) is 0 Å². The molecule has 33 heavy (non-hydrogen) atoms. The molecular formula is C27H29FN2O3. The van der Waals surface area contributed by atoms with E-state index in [1.165, 1.54) is 4.90 Å². The van der Waals surface area contributed by atoms with E-state index in [4.69, 9.17) is 9.47 Å². The van der Waals surface area contributed by atoms with Crippen LogP contribution in [0.5, 0.6) is 5.75 Å². The van der Waals surface area contributed by atoms with E-state index in [-0.39, 0.29) is 6.61 Å². The second kappa shape index (κ2) is 11.0. The summed E-state index contributed by atoms with van der Waals surface area (Å²) in [6.07, 6.45) is -1.86. The highest BCUT2D eigenvalue weighted by Crippen LogP contribution is 2.31. The van der Waals surface area contributed by atoms with Gasteiger partial charge in [0.1, 0.15) is 18.5 Å². The van der Waals surface area contributed by atoms with Crippen molar-refractivity contribution in [3.63, 3.8) is 0 Å². The van der Waals surface area contributed by atoms with Crippen LogP contribution in [0.4, 0.5) is 9.18 Å². The third-order valence-electron chi connectivity index (χ3n) is 5.94. The van der Waals surface area contributed by atoms with Crippen molar-refractivity contribution in [3.05, 3.63) is 102 Å². The van der Waals surface area contributed by atoms with Gasteiger partial charge in [-0.1, -0.05) is 72.8 Å². The van der Waals surface area contributed by atoms with Crippen molar-refractivity contribution in [1.29, 1.82) is 0 Å². The molecule has 1 aliphatic heterocycles. The third kappa shape index (κ3) is 5.90. The Kier molecular flexibility index (Phi) is 7.58. The first kappa shape index (κ1) is 22.8. The third-order valence-corrected chi connectivity index (χ3v) is 5.94. The number of halogens is 1. The molecule has 1 unspecified atom stereocenters. The number of piperazine rings is 1. The van der Waals surface area contributed by atoms with Gasteiger partial charge in [0, 0.05) is 26.2 Å². The van der Waals surface area contributed by atoms with E-state index in [2.05, 4.69) is 17.0 Å². The second-order valence-corrected chi connectivity index (χ2v) is 8.20. The first-order valence-corrected chi connectivity index (χ1v) is 11.2. The molecule has 3 aromatic carbocycles. The van der Waals surface area contributed by atoms with Crippen LogP contribution in [0.25, 0.3) is 0 Å². The fraction of sp³-hybridized carbons (Fsp3) is 0.296. The highest BCUT2D eigenvalue weighted by atomic mass is 19.1. The molecule has 1 fully saturated rings. The molecule has 2 atom stereocenters. The zero-order valence-electron chi connectivity index (χ0n) is 18.8. The number of carbonyl (C=O) groups is 1. The van der Waals surface area contributed by atoms with Gasteiger partial charge in [-0.3, -0.25) is 9.80 Å². The maximum absolute atomic E-state index is 15.9. The predicted octanol–water partition coefficient (Wildman–Crippen LogP) is 5.23. The van der Waals surface area contributed by atoms with Crippen LogP contribution in [0.15, 0.2) is 84.9 Å². The summed E-state index contributed by atoms with van der Waals surface area (Å²) >= 11 is 0. The summed E-state index contributed by atoms with van der Waals surface area (Å²) in [5.41, 5.74) is 2.55. The SMILES string of the molecule is COc1cccc(C(F)[C@@H]2CN(Cc3ccccc3)CCN2C(=O)OCc2ccccc2)c1. The standard InChI is InChI=1S/C27H29FN2O3/c1-32-24-14-8-13-23(17-24)26(28)25-19-29(18-21-9-4-2-5-10-21)15-16-30(25)27(31)33-20-22-11-6-3-7-12-22/h2-14,17,25-26H,15-16,18-20H2,1H3/t25-,26?/m0/s1. The number of ether oxygens (including phenoxy) is 2. The average Bonchev–Trinajstić information content (AvgIpc) is 2.88. The van der Waals surface area contributed by atoms with Crippen LogP contribution in [-0.2, 0) is 17.9 Å². The number of rotatable bonds is 7. The molecule has 1 heterocycles. The van der Waals surface area contributed by atoms with Crippen LogP contribution in [0.2, 0.25) is 0 Å². The summed E-state index contributed by atoms with van der Waals surface area (Å²) in [6, 6.07) is 25.9. The van der Waals surface area contributed by atoms with Crippen LogP contribution >= 0.6 is 0 Å². The van der Waals surface area contributed by atoms with Gasteiger partial charge in [0.25, 0.3) is 0 Å². The monoisotopic (exact) mass is 448 g/mol. The highest BCUT2D eigenvalue weighted by molar-refractivity contribution is 5.68. The molecule has 1 aliphatic rings. The van der Waals surface area contributed by atoms with E-state index in [0.717, 1.165) is 11.1 Å². The molecule has 0 saturated carbocycles. The van der Waals surface area contributed by atoms with Crippen LogP contribution in [0.1, 0.15) is 22.9 Å². The van der Waals surface area contributed by atoms with E-state index in [0.29, 0.717) is 37.5 Å². The topological polar surface area (TPSA) is 42.0 Å². The molecule has 0 aromatic heterocycles. The average molecular weight is 449 g/mol. The van der Waals surface area contributed by atoms with Gasteiger partial charge < -0.3 is 9.47 Å². The van der Waals surface area contributed by atoms with Crippen molar-refractivity contribution < 1.29 is 18.7 Å². The maximum Gasteiger partial charge on any atom is 0.410 e. The number of alkyl halides is 1. The quantitative estimate of drug-likeness (QED) is 0.496. The molecule has 4 rings (SSSR count). The molecule has 6 heteroatoms. The van der Waals surface area contributed by atoms with Crippen molar-refractivity contribution in [1.82, 2.24) is 9.80 Å². The molecular weight excluding hydrogens is 419 g/mol. The number of methoxy groups -OCH3 is 1. The van der Waals surface area contributed by atoms with Crippen molar-refractivity contribution in [2.75, 3.05) is 26.7 Å². The van der Waals surface area contributed by atoms with Gasteiger partial charge in [0.2, 0.25) is 0 Å². The Morgan fingerprint density at radius 3 is 2.36 bits per heavy atom. The number of benzene rings is 3. The van der Waals surface area contributed by atoms with Crippen LogP contribution in [0.3, 0.4) is 0 Å². The van der Waals surface area contributed by atoms with Gasteiger partial charge in [-0.05, 0) is 28.8 Å². The first-order chi connectivity index (χ1) is 16.1. The van der Waals surface area contributed by atoms with Gasteiger partial charge in [0.15, 0.2) is 0 Å². The molecule has 0 bridgehead atoms. The van der Waals surface area contributed by atoms with Crippen LogP contribution in [-0.4, -0.2) is 48.7 Å². The number of hydrogen-bond donors (Lipinski definition) is 0. The Morgan fingerprint density at radius 2 is 1.67 bits per heavy atom. The number of amides is 1. The zero-order valence-corrected chi connectivity index (χ0v) is 18.8. The Hall–Kier alpha value is -3.38. The van der Waals surface area contributed by atoms with Gasteiger partial charge in [-0.2, -0.15) is 0 Å². The van der Waals surface area contributed by atoms with E-state index in [9.17, 15) is 4.79 Å². The zero-order chi connectivity index (χ0) is 23.0. The smallest absolute Gasteiger partial charge is 0.410 e. The van der Waals surface area contributed by atoms with Crippen molar-refractivity contribution in [2.24, 2.45) is 0 Å². The fourth-order valence-corrected chi connectivity index (χ4v) is 4.17. The molecule has 3 aromatic rings. The molecule has 5 nitrogen and oxygen atoms in total. The lowest BCUT2D eigenvalue weighted by Gasteiger charge is -2.42. The second-order valence-electron chi connectivity index (χ2n) is 8.20. The molecule has 0 radical (unpaired) electrons. The van der Waals surface area contributed by atoms with Crippen LogP contribution < -0.4 is 4.74 Å². The van der Waals surface area contributed by atoms with Gasteiger partial charge >= 0.3 is 6.09 Å². The summed E-state index contributed by atoms with van der Waals surface area (Å²) in [6.45, 7) is 2.32. The number of carbonyl (C=O) groups excluding carboxylic acids is 1. The van der Waals surface area contributed by atoms with Crippen molar-refractivity contribution in [3.8, 4) is 5.75 Å². The lowest BCUT2D eigenvalue weighted by atomic mass is 9.99. The largest absolute Gasteiger partial charge is 0.497 e. The highest BCUT2D eigenvalue weighted by Gasteiger charge is 2.38. The molecule has 0 spiro atoms. The lowest BCUT2D eigenvalue weighted by Crippen LogP contribution is -2.56. The minimum Gasteiger partial charge on any atom is -0.497 e. The minimum atomic E-state index is -1.37. The Balaban J connectivity index is 1.51. The summed E-state index contributed by atoms with van der Waals surface area (Å²) in [4.78, 5) is 16.7. The number of hydrogen-bond acceptors (Lipinski definition) is 4. The van der Waals surface area contributed by atoms with Gasteiger partial charge in [-0.25, -0.2) is 9.18 Å². The maximum atomic E-state index is 15.9. The summed E-state index contributed by atoms with van der Waals surface area (Å²) in [5, 5.41) is 0. The summed E-state index contributed by atoms with van der Waals surface area (Å²) in [5.74, 6) is 0.588. The number of nitrogens with zero attached hydrogens (tertiary/aromatic N) is 2. The van der Waals surface area contributed by atoms with Crippen molar-refractivity contribution in [2.45, 2.75) is 25.4 Å². The fourth-order valence-electron chi connectivity index (χ4n) is 4.17. The molecule has 1 amide bonds. The molecule has 0 N–H and O–H groups in total. The van der Waals surface area contributed by atoms with E-state index in [1.54, 1.807) is 31.4 Å². The Morgan fingerprint density at radius 1 is 0.970 bits per heavy atom. The van der Waals surface area contributed by atoms with Gasteiger partial charge in [0.05, 0.1) is 13.2 Å². The molecule has 0 aliphatic carbocycles. The first-order valence-electron chi connectivity index (χ1n) is 11.2. The predicted molar refractivity (Wildman–Crippen MR) is 126 cm³/mol. The summed E-state index contributed by atoms with van der Waals surface area (Å²) in [7, 11) is 1.56. The Bertz CT molecular complexity index is 1030. The van der Waals surface area contributed by atoms with E-state index < -0.39 is 18.3 Å². The van der Waals surface area contributed by atoms with Crippen molar-refractivity contribution >= 4 is 6.09 Å². The van der Waals surface area contributed by atoms with Gasteiger partial charge in [-0.15, -0.1) is 0 Å².